The molecule has 18 heteroatoms. The minimum Gasteiger partial charge on any atom is -0.457 e. The van der Waals surface area contributed by atoms with E-state index in [-0.39, 0.29) is 0 Å². The summed E-state index contributed by atoms with van der Waals surface area (Å²) in [5.74, 6) is 1.47. The van der Waals surface area contributed by atoms with Gasteiger partial charge in [-0.15, -0.1) is 16.4 Å². The minimum absolute atomic E-state index is 0.433. The molecule has 1 N–H and O–H groups in total. The topological polar surface area (TPSA) is 63.0 Å². The van der Waals surface area contributed by atoms with Crippen LogP contribution in [0.25, 0.3) is 65.8 Å². The Morgan fingerprint density at radius 1 is 0.426 bits per heavy atom. The molecule has 0 aliphatic carbocycles. The van der Waals surface area contributed by atoms with Gasteiger partial charge in [-0.2, -0.15) is 0 Å². The molecular weight excluding hydrogens is 731 g/mol. The Kier molecular flexibility index (Phi) is 9.21. The molecule has 9 aromatic rings. The van der Waals surface area contributed by atoms with E-state index < -0.39 is 6.17 Å². The van der Waals surface area contributed by atoms with E-state index in [0.717, 1.165) is 50.1 Å². The van der Waals surface area contributed by atoms with Crippen molar-refractivity contribution < 1.29 is 8.83 Å². The van der Waals surface area contributed by atoms with Gasteiger partial charge in [0.15, 0.2) is 5.84 Å². The summed E-state index contributed by atoms with van der Waals surface area (Å²) >= 11 is 0. The molecule has 0 saturated heterocycles. The summed E-state index contributed by atoms with van der Waals surface area (Å²) in [4.78, 5) is 10.9. The monoisotopic (exact) mass is 773 g/mol. The molecule has 61 heavy (non-hydrogen) atoms. The maximum atomic E-state index is 7.04. The molecule has 0 bridgehead atoms. The SMILES string of the molecule is Bc1c(B)c(B)c2c(oc3c(B)c(B)c(B)c(-c4c(B)c(B)c(B)c5c(C6N=C(c7ccccc7)N=C(c7cccc8oc9ccccc9c78)N6)c(B)c(B)c(B)c45)c32)c1B. The second-order valence-electron chi connectivity index (χ2n) is 17.7. The lowest BCUT2D eigenvalue weighted by molar-refractivity contribution is 0.668. The van der Waals surface area contributed by atoms with E-state index in [0.29, 0.717) is 5.84 Å². The maximum absolute atomic E-state index is 7.04. The quantitative estimate of drug-likeness (QED) is 0.181. The molecule has 0 spiro atoms. The number of aliphatic imine (C=N–C) groups is 2. The van der Waals surface area contributed by atoms with Crippen LogP contribution >= 0.6 is 0 Å². The number of benzene rings is 7. The van der Waals surface area contributed by atoms with E-state index in [4.69, 9.17) is 18.8 Å². The van der Waals surface area contributed by atoms with Gasteiger partial charge in [0.25, 0.3) is 0 Å². The van der Waals surface area contributed by atoms with Crippen molar-refractivity contribution in [3.05, 3.63) is 89.5 Å². The molecule has 7 aromatic carbocycles. The lowest BCUT2D eigenvalue weighted by Crippen LogP contribution is -2.50. The minimum atomic E-state index is -0.433. The normalized spacial score (nSPS) is 14.3. The highest BCUT2D eigenvalue weighted by atomic mass is 16.3. The van der Waals surface area contributed by atoms with Crippen molar-refractivity contribution in [2.45, 2.75) is 6.17 Å². The van der Waals surface area contributed by atoms with Crippen molar-refractivity contribution in [1.29, 1.82) is 0 Å². The third kappa shape index (κ3) is 5.59. The Labute approximate surface area is 368 Å². The molecule has 0 fully saturated rings. The summed E-state index contributed by atoms with van der Waals surface area (Å²) in [6.45, 7) is 0. The molecule has 5 nitrogen and oxygen atoms in total. The third-order valence-corrected chi connectivity index (χ3v) is 14.9. The lowest BCUT2D eigenvalue weighted by Gasteiger charge is -2.31. The van der Waals surface area contributed by atoms with Crippen LogP contribution in [0.4, 0.5) is 0 Å². The molecule has 0 saturated carbocycles. The molecule has 3 heterocycles. The number of hydrogen-bond donors (Lipinski definition) is 1. The second kappa shape index (κ2) is 14.2. The summed E-state index contributed by atoms with van der Waals surface area (Å²) in [5.41, 5.74) is 25.9. The highest BCUT2D eigenvalue weighted by molar-refractivity contribution is 6.71. The van der Waals surface area contributed by atoms with Crippen LogP contribution in [0.1, 0.15) is 22.9 Å². The van der Waals surface area contributed by atoms with Gasteiger partial charge in [-0.05, 0) is 39.6 Å². The van der Waals surface area contributed by atoms with Crippen LogP contribution in [0.5, 0.6) is 0 Å². The van der Waals surface area contributed by atoms with Crippen LogP contribution in [-0.2, 0) is 0 Å². The Hall–Kier alpha value is -5.62. The number of amidine groups is 2. The van der Waals surface area contributed by atoms with Gasteiger partial charge in [-0.1, -0.05) is 115 Å². The fourth-order valence-corrected chi connectivity index (χ4v) is 10.4. The third-order valence-electron chi connectivity index (χ3n) is 14.9. The molecule has 0 amide bonds. The van der Waals surface area contributed by atoms with Gasteiger partial charge in [-0.25, -0.2) is 9.98 Å². The van der Waals surface area contributed by atoms with Crippen LogP contribution < -0.4 is 76.3 Å². The Morgan fingerprint density at radius 3 is 1.69 bits per heavy atom. The molecule has 1 unspecified atom stereocenters. The van der Waals surface area contributed by atoms with Crippen LogP contribution in [0.2, 0.25) is 0 Å². The number of para-hydroxylation sites is 1. The smallest absolute Gasteiger partial charge is 0.159 e. The lowest BCUT2D eigenvalue weighted by atomic mass is 9.59. The van der Waals surface area contributed by atoms with E-state index in [1.807, 2.05) is 24.3 Å². The van der Waals surface area contributed by atoms with Gasteiger partial charge in [0.2, 0.25) is 0 Å². The van der Waals surface area contributed by atoms with Crippen LogP contribution in [-0.4, -0.2) is 114 Å². The van der Waals surface area contributed by atoms with Crippen molar-refractivity contribution in [1.82, 2.24) is 5.32 Å². The zero-order valence-corrected chi connectivity index (χ0v) is 37.7. The summed E-state index contributed by atoms with van der Waals surface area (Å²) in [6.07, 6.45) is -0.433. The van der Waals surface area contributed by atoms with E-state index in [1.54, 1.807) is 0 Å². The predicted molar refractivity (Wildman–Crippen MR) is 302 cm³/mol. The Balaban J connectivity index is 1.32. The van der Waals surface area contributed by atoms with Crippen molar-refractivity contribution >= 4 is 239 Å². The molecular formula is C43H40B13N3O2. The largest absolute Gasteiger partial charge is 0.457 e. The molecule has 0 radical (unpaired) electrons. The van der Waals surface area contributed by atoms with Crippen LogP contribution in [0, 0.1) is 0 Å². The van der Waals surface area contributed by atoms with Gasteiger partial charge in [0, 0.05) is 32.7 Å². The fraction of sp³-hybridized carbons (Fsp3) is 0.0233. The van der Waals surface area contributed by atoms with E-state index in [9.17, 15) is 0 Å². The van der Waals surface area contributed by atoms with Gasteiger partial charge in [-0.3, -0.25) is 0 Å². The average Bonchev–Trinajstić information content (AvgIpc) is 3.86. The first-order valence-corrected chi connectivity index (χ1v) is 21.6. The molecule has 1 aliphatic rings. The summed E-state index contributed by atoms with van der Waals surface area (Å²) in [6, 6.07) is 24.9. The van der Waals surface area contributed by atoms with Crippen LogP contribution in [0.15, 0.2) is 91.6 Å². The van der Waals surface area contributed by atoms with Crippen molar-refractivity contribution in [2.75, 3.05) is 0 Å². The number of nitrogens with zero attached hydrogens (tertiary/aromatic N) is 2. The van der Waals surface area contributed by atoms with Crippen LogP contribution in [0.3, 0.4) is 0 Å². The number of rotatable bonds is 4. The van der Waals surface area contributed by atoms with Gasteiger partial charge >= 0.3 is 0 Å². The summed E-state index contributed by atoms with van der Waals surface area (Å²) in [7, 11) is 29.6. The van der Waals surface area contributed by atoms with Gasteiger partial charge in [0.05, 0.1) is 0 Å². The number of fused-ring (bicyclic) bond motifs is 7. The highest BCUT2D eigenvalue weighted by Gasteiger charge is 2.31. The van der Waals surface area contributed by atoms with Crippen molar-refractivity contribution in [3.63, 3.8) is 0 Å². The standard InChI is InChI=1S/C43H40B13N3O2/c44-26-19(21-23-24-30(48)34(52)36(54)38(56)40(24)61-39(23)37(55)35(53)28(21)46)20-22(29(47)32(26)50)25(31(49)33(51)27(20)45)43-58-41(13-7-2-1-3-8-13)57-42(59-43)15-10-6-12-17-18(15)14-9-4-5-11-16(14)60-17/h1-12,43H,44-56H2,(H,57,58,59). The first kappa shape index (κ1) is 39.5. The number of nitrogens with one attached hydrogen (secondary N) is 1. The van der Waals surface area contributed by atoms with Gasteiger partial charge in [0.1, 0.15) is 136 Å². The Bertz CT molecular complexity index is 3510. The fourth-order valence-electron chi connectivity index (χ4n) is 10.4. The Morgan fingerprint density at radius 2 is 0.967 bits per heavy atom. The van der Waals surface area contributed by atoms with Gasteiger partial charge < -0.3 is 14.2 Å². The van der Waals surface area contributed by atoms with E-state index >= 15 is 0 Å². The number of hydrogen-bond acceptors (Lipinski definition) is 5. The molecule has 2 aromatic heterocycles. The van der Waals surface area contributed by atoms with E-state index in [1.165, 1.54) is 109 Å². The average molecular weight is 771 g/mol. The first-order valence-electron chi connectivity index (χ1n) is 21.6. The predicted octanol–water partition coefficient (Wildman–Crippen LogP) is -11.8. The highest BCUT2D eigenvalue weighted by Crippen LogP contribution is 2.37. The van der Waals surface area contributed by atoms with E-state index in [2.05, 4.69) is 156 Å². The molecule has 278 valence electrons. The summed E-state index contributed by atoms with van der Waals surface area (Å²) < 4.78 is 13.4. The first-order chi connectivity index (χ1) is 29.2. The maximum Gasteiger partial charge on any atom is 0.159 e. The van der Waals surface area contributed by atoms with Crippen molar-refractivity contribution in [3.8, 4) is 11.1 Å². The zero-order chi connectivity index (χ0) is 42.9. The zero-order valence-electron chi connectivity index (χ0n) is 37.7. The molecule has 1 atom stereocenters. The summed E-state index contributed by atoms with van der Waals surface area (Å²) in [5, 5.41) is 11.0. The number of furan rings is 2. The van der Waals surface area contributed by atoms with Crippen molar-refractivity contribution in [2.24, 2.45) is 9.98 Å². The second-order valence-corrected chi connectivity index (χ2v) is 17.7. The molecule has 10 rings (SSSR count). The molecule has 1 aliphatic heterocycles.